The van der Waals surface area contributed by atoms with Crippen molar-refractivity contribution in [3.63, 3.8) is 0 Å². The summed E-state index contributed by atoms with van der Waals surface area (Å²) in [5.41, 5.74) is 2.36. The van der Waals surface area contributed by atoms with E-state index in [0.717, 1.165) is 11.3 Å². The number of aryl methyl sites for hydroxylation is 1. The number of aliphatic carboxylic acids is 1. The largest absolute Gasteiger partial charge is 0.479 e. The first-order chi connectivity index (χ1) is 9.06. The van der Waals surface area contributed by atoms with Crippen LogP contribution in [0, 0.1) is 6.92 Å². The third-order valence-corrected chi connectivity index (χ3v) is 2.53. The zero-order valence-corrected chi connectivity index (χ0v) is 10.7. The highest BCUT2D eigenvalue weighted by molar-refractivity contribution is 5.72. The second-order valence-corrected chi connectivity index (χ2v) is 4.14. The van der Waals surface area contributed by atoms with Gasteiger partial charge in [0.2, 0.25) is 0 Å². The van der Waals surface area contributed by atoms with Crippen LogP contribution in [0.1, 0.15) is 12.6 Å². The van der Waals surface area contributed by atoms with E-state index in [1.807, 2.05) is 43.3 Å². The molecule has 5 heteroatoms. The maximum absolute atomic E-state index is 10.8. The minimum absolute atomic E-state index is 0.0775. The lowest BCUT2D eigenvalue weighted by Crippen LogP contribution is -2.24. The van der Waals surface area contributed by atoms with Crippen molar-refractivity contribution in [1.82, 2.24) is 9.97 Å². The maximum Gasteiger partial charge on any atom is 0.344 e. The molecule has 0 spiro atoms. The Hall–Kier alpha value is -2.43. The monoisotopic (exact) mass is 258 g/mol. The molecular weight excluding hydrogens is 244 g/mol. The van der Waals surface area contributed by atoms with Gasteiger partial charge in [-0.1, -0.05) is 30.3 Å². The number of carbonyl (C=O) groups is 1. The summed E-state index contributed by atoms with van der Waals surface area (Å²) in [6.45, 7) is 3.25. The Balaban J connectivity index is 2.32. The predicted molar refractivity (Wildman–Crippen MR) is 69.9 cm³/mol. The summed E-state index contributed by atoms with van der Waals surface area (Å²) in [7, 11) is 0. The molecule has 0 aliphatic heterocycles. The average molecular weight is 258 g/mol. The number of aromatic nitrogens is 2. The van der Waals surface area contributed by atoms with Gasteiger partial charge in [-0.25, -0.2) is 9.78 Å². The number of hydrogen-bond donors (Lipinski definition) is 1. The van der Waals surface area contributed by atoms with Gasteiger partial charge in [0.05, 0.1) is 5.69 Å². The average Bonchev–Trinajstić information content (AvgIpc) is 2.39. The summed E-state index contributed by atoms with van der Waals surface area (Å²) >= 11 is 0. The van der Waals surface area contributed by atoms with Crippen molar-refractivity contribution in [2.45, 2.75) is 20.0 Å². The van der Waals surface area contributed by atoms with Gasteiger partial charge >= 0.3 is 12.0 Å². The highest BCUT2D eigenvalue weighted by atomic mass is 16.5. The molecule has 0 saturated heterocycles. The highest BCUT2D eigenvalue weighted by Gasteiger charge is 2.15. The summed E-state index contributed by atoms with van der Waals surface area (Å²) in [4.78, 5) is 19.1. The number of ether oxygens (including phenoxy) is 1. The van der Waals surface area contributed by atoms with Gasteiger partial charge in [0, 0.05) is 11.3 Å². The third-order valence-electron chi connectivity index (χ3n) is 2.53. The number of carboxylic acids is 1. The van der Waals surface area contributed by atoms with E-state index in [9.17, 15) is 4.79 Å². The lowest BCUT2D eigenvalue weighted by molar-refractivity contribution is -0.144. The van der Waals surface area contributed by atoms with Gasteiger partial charge in [0.1, 0.15) is 0 Å². The molecule has 0 saturated carbocycles. The van der Waals surface area contributed by atoms with Crippen LogP contribution in [0.4, 0.5) is 0 Å². The molecule has 5 nitrogen and oxygen atoms in total. The molecule has 0 aliphatic carbocycles. The van der Waals surface area contributed by atoms with Crippen LogP contribution < -0.4 is 4.74 Å². The molecule has 0 aliphatic rings. The van der Waals surface area contributed by atoms with Gasteiger partial charge in [0.25, 0.3) is 0 Å². The van der Waals surface area contributed by atoms with Crippen LogP contribution >= 0.6 is 0 Å². The van der Waals surface area contributed by atoms with E-state index in [1.165, 1.54) is 6.92 Å². The van der Waals surface area contributed by atoms with Crippen molar-refractivity contribution in [2.24, 2.45) is 0 Å². The van der Waals surface area contributed by atoms with Crippen LogP contribution in [0.2, 0.25) is 0 Å². The Morgan fingerprint density at radius 3 is 2.58 bits per heavy atom. The summed E-state index contributed by atoms with van der Waals surface area (Å²) in [6, 6.07) is 11.5. The maximum atomic E-state index is 10.8. The smallest absolute Gasteiger partial charge is 0.344 e. The van der Waals surface area contributed by atoms with E-state index in [-0.39, 0.29) is 6.01 Å². The first-order valence-corrected chi connectivity index (χ1v) is 5.87. The van der Waals surface area contributed by atoms with Crippen molar-refractivity contribution < 1.29 is 14.6 Å². The fraction of sp³-hybridized carbons (Fsp3) is 0.214. The Kier molecular flexibility index (Phi) is 3.75. The topological polar surface area (TPSA) is 72.3 Å². The molecule has 0 unspecified atom stereocenters. The van der Waals surface area contributed by atoms with Gasteiger partial charge in [0.15, 0.2) is 6.10 Å². The molecule has 1 heterocycles. The van der Waals surface area contributed by atoms with E-state index >= 15 is 0 Å². The minimum atomic E-state index is -1.05. The van der Waals surface area contributed by atoms with Gasteiger partial charge in [-0.05, 0) is 19.9 Å². The van der Waals surface area contributed by atoms with Gasteiger partial charge in [-0.15, -0.1) is 0 Å². The first-order valence-electron chi connectivity index (χ1n) is 5.87. The molecule has 1 N–H and O–H groups in total. The molecule has 19 heavy (non-hydrogen) atoms. The molecule has 0 radical (unpaired) electrons. The minimum Gasteiger partial charge on any atom is -0.479 e. The lowest BCUT2D eigenvalue weighted by Gasteiger charge is -2.10. The fourth-order valence-electron chi connectivity index (χ4n) is 1.56. The lowest BCUT2D eigenvalue weighted by atomic mass is 10.1. The van der Waals surface area contributed by atoms with Crippen LogP contribution in [0.5, 0.6) is 6.01 Å². The van der Waals surface area contributed by atoms with Crippen LogP contribution in [0.3, 0.4) is 0 Å². The normalized spacial score (nSPS) is 11.9. The van der Waals surface area contributed by atoms with Gasteiger partial charge in [-0.3, -0.25) is 0 Å². The molecule has 1 aromatic carbocycles. The SMILES string of the molecule is Cc1cc(-c2ccccc2)nc(O[C@H](C)C(=O)O)n1. The van der Waals surface area contributed by atoms with Crippen molar-refractivity contribution >= 4 is 5.97 Å². The molecule has 1 aromatic heterocycles. The Morgan fingerprint density at radius 2 is 1.95 bits per heavy atom. The summed E-state index contributed by atoms with van der Waals surface area (Å²) in [5, 5.41) is 8.82. The summed E-state index contributed by atoms with van der Waals surface area (Å²) in [6.07, 6.45) is -0.981. The summed E-state index contributed by atoms with van der Waals surface area (Å²) in [5.74, 6) is -1.05. The molecular formula is C14H14N2O3. The fourth-order valence-corrected chi connectivity index (χ4v) is 1.56. The number of rotatable bonds is 4. The van der Waals surface area contributed by atoms with Crippen LogP contribution in [-0.4, -0.2) is 27.1 Å². The van der Waals surface area contributed by atoms with Crippen LogP contribution in [-0.2, 0) is 4.79 Å². The predicted octanol–water partition coefficient (Wildman–Crippen LogP) is 2.30. The van der Waals surface area contributed by atoms with E-state index in [2.05, 4.69) is 9.97 Å². The zero-order chi connectivity index (χ0) is 13.8. The highest BCUT2D eigenvalue weighted by Crippen LogP contribution is 2.19. The molecule has 0 fully saturated rings. The van der Waals surface area contributed by atoms with Gasteiger partial charge in [-0.2, -0.15) is 4.98 Å². The first kappa shape index (κ1) is 13.0. The molecule has 1 atom stereocenters. The van der Waals surface area contributed by atoms with E-state index in [0.29, 0.717) is 5.69 Å². The van der Waals surface area contributed by atoms with Crippen molar-refractivity contribution in [3.8, 4) is 17.3 Å². The van der Waals surface area contributed by atoms with Crippen molar-refractivity contribution in [1.29, 1.82) is 0 Å². The second kappa shape index (κ2) is 5.48. The Bertz CT molecular complexity index is 584. The standard InChI is InChI=1S/C14H14N2O3/c1-9-8-12(11-6-4-3-5-7-11)16-14(15-9)19-10(2)13(17)18/h3-8,10H,1-2H3,(H,17,18)/t10-/m1/s1. The van der Waals surface area contributed by atoms with Crippen LogP contribution in [0.25, 0.3) is 11.3 Å². The quantitative estimate of drug-likeness (QED) is 0.911. The molecule has 2 rings (SSSR count). The number of nitrogens with zero attached hydrogens (tertiary/aromatic N) is 2. The zero-order valence-electron chi connectivity index (χ0n) is 10.7. The number of carboxylic acid groups (broad SMARTS) is 1. The van der Waals surface area contributed by atoms with Gasteiger partial charge < -0.3 is 9.84 Å². The third kappa shape index (κ3) is 3.28. The second-order valence-electron chi connectivity index (χ2n) is 4.14. The van der Waals surface area contributed by atoms with E-state index in [4.69, 9.17) is 9.84 Å². The molecule has 0 amide bonds. The molecule has 2 aromatic rings. The Morgan fingerprint density at radius 1 is 1.26 bits per heavy atom. The van der Waals surface area contributed by atoms with Crippen LogP contribution in [0.15, 0.2) is 36.4 Å². The summed E-state index contributed by atoms with van der Waals surface area (Å²) < 4.78 is 5.20. The molecule has 0 bridgehead atoms. The molecule has 98 valence electrons. The van der Waals surface area contributed by atoms with E-state index in [1.54, 1.807) is 0 Å². The number of benzene rings is 1. The van der Waals surface area contributed by atoms with E-state index < -0.39 is 12.1 Å². The van der Waals surface area contributed by atoms with Crippen molar-refractivity contribution in [3.05, 3.63) is 42.1 Å². The Labute approximate surface area is 110 Å². The number of hydrogen-bond acceptors (Lipinski definition) is 4. The van der Waals surface area contributed by atoms with Crippen molar-refractivity contribution in [2.75, 3.05) is 0 Å².